The molecule has 2 aliphatic rings. The van der Waals surface area contributed by atoms with Gasteiger partial charge in [-0.15, -0.1) is 0 Å². The second kappa shape index (κ2) is 7.42. The number of carbonyl (C=O) groups excluding carboxylic acids is 1. The third-order valence-corrected chi connectivity index (χ3v) is 4.61. The van der Waals surface area contributed by atoms with Crippen molar-refractivity contribution in [1.29, 1.82) is 0 Å². The Balaban J connectivity index is 1.51. The Morgan fingerprint density at radius 1 is 1.20 bits per heavy atom. The van der Waals surface area contributed by atoms with Crippen LogP contribution < -0.4 is 5.32 Å². The molecule has 0 spiro atoms. The lowest BCUT2D eigenvalue weighted by atomic mass is 10.0. The highest BCUT2D eigenvalue weighted by Crippen LogP contribution is 2.28. The Hall–Kier alpha value is -2.11. The summed E-state index contributed by atoms with van der Waals surface area (Å²) in [7, 11) is 0. The number of allylic oxidation sites excluding steroid dienone is 2. The van der Waals surface area contributed by atoms with E-state index in [0.717, 1.165) is 37.2 Å². The number of nitrogens with one attached hydrogen (secondary N) is 1. The summed E-state index contributed by atoms with van der Waals surface area (Å²) in [5.74, 6) is 1.37. The molecule has 6 heteroatoms. The molecule has 6 nitrogen and oxygen atoms in total. The number of aromatic nitrogens is 2. The van der Waals surface area contributed by atoms with E-state index in [2.05, 4.69) is 33.5 Å². The van der Waals surface area contributed by atoms with Gasteiger partial charge in [0.15, 0.2) is 0 Å². The summed E-state index contributed by atoms with van der Waals surface area (Å²) in [5, 5.41) is 3.50. The summed E-state index contributed by atoms with van der Waals surface area (Å²) in [6, 6.07) is 2.39. The molecule has 0 radical (unpaired) electrons. The van der Waals surface area contributed by atoms with Crippen molar-refractivity contribution in [3.8, 4) is 0 Å². The molecule has 1 fully saturated rings. The lowest BCUT2D eigenvalue weighted by Crippen LogP contribution is -2.44. The van der Waals surface area contributed by atoms with Gasteiger partial charge in [-0.2, -0.15) is 0 Å². The number of hydrogen-bond acceptors (Lipinski definition) is 5. The van der Waals surface area contributed by atoms with Crippen LogP contribution in [0.15, 0.2) is 24.5 Å². The van der Waals surface area contributed by atoms with E-state index in [4.69, 9.17) is 4.74 Å². The minimum atomic E-state index is -0.446. The molecule has 1 aliphatic heterocycles. The number of carbonyl (C=O) groups is 1. The molecule has 136 valence electrons. The molecule has 1 saturated heterocycles. The molecule has 1 aliphatic carbocycles. The van der Waals surface area contributed by atoms with Crippen molar-refractivity contribution in [3.05, 3.63) is 30.2 Å². The molecule has 25 heavy (non-hydrogen) atoms. The molecular formula is C19H28N4O2. The van der Waals surface area contributed by atoms with E-state index < -0.39 is 5.60 Å². The third-order valence-electron chi connectivity index (χ3n) is 4.61. The largest absolute Gasteiger partial charge is 0.444 e. The quantitative estimate of drug-likeness (QED) is 0.847. The zero-order valence-electron chi connectivity index (χ0n) is 15.4. The fourth-order valence-electron chi connectivity index (χ4n) is 3.28. The van der Waals surface area contributed by atoms with Crippen LogP contribution in [0.3, 0.4) is 0 Å². The molecule has 0 unspecified atom stereocenters. The standard InChI is InChI=1S/C19H28N4O2/c1-19(2,3)25-18(24)23-10-8-15(9-11-23)22-17-12-16(20-13-21-17)14-6-4-5-7-14/h4-5,12-15H,6-11H2,1-3H3,(H,20,21,22). The number of ether oxygens (including phenoxy) is 1. The summed E-state index contributed by atoms with van der Waals surface area (Å²) in [6.07, 6.45) is 9.76. The molecule has 0 bridgehead atoms. The molecule has 2 heterocycles. The van der Waals surface area contributed by atoms with Crippen molar-refractivity contribution in [2.24, 2.45) is 0 Å². The monoisotopic (exact) mass is 344 g/mol. The van der Waals surface area contributed by atoms with Crippen molar-refractivity contribution >= 4 is 11.9 Å². The first kappa shape index (κ1) is 17.7. The van der Waals surface area contributed by atoms with Crippen LogP contribution in [0.2, 0.25) is 0 Å². The van der Waals surface area contributed by atoms with Crippen molar-refractivity contribution in [1.82, 2.24) is 14.9 Å². The number of anilines is 1. The molecule has 3 rings (SSSR count). The highest BCUT2D eigenvalue weighted by Gasteiger charge is 2.27. The van der Waals surface area contributed by atoms with Crippen LogP contribution in [0.25, 0.3) is 0 Å². The van der Waals surface area contributed by atoms with Gasteiger partial charge in [0.1, 0.15) is 17.7 Å². The number of piperidine rings is 1. The summed E-state index contributed by atoms with van der Waals surface area (Å²) < 4.78 is 5.44. The maximum atomic E-state index is 12.1. The molecule has 0 saturated carbocycles. The summed E-state index contributed by atoms with van der Waals surface area (Å²) in [6.45, 7) is 7.09. The molecule has 1 aromatic rings. The summed E-state index contributed by atoms with van der Waals surface area (Å²) in [4.78, 5) is 22.7. The Morgan fingerprint density at radius 2 is 1.88 bits per heavy atom. The van der Waals surface area contributed by atoms with Gasteiger partial charge in [0.2, 0.25) is 0 Å². The van der Waals surface area contributed by atoms with Gasteiger partial charge in [-0.3, -0.25) is 0 Å². The third kappa shape index (κ3) is 4.94. The van der Waals surface area contributed by atoms with Gasteiger partial charge in [0.25, 0.3) is 0 Å². The zero-order valence-corrected chi connectivity index (χ0v) is 15.4. The van der Waals surface area contributed by atoms with E-state index in [1.165, 1.54) is 0 Å². The lowest BCUT2D eigenvalue weighted by molar-refractivity contribution is 0.0210. The molecule has 0 aromatic carbocycles. The van der Waals surface area contributed by atoms with Gasteiger partial charge in [0, 0.05) is 36.8 Å². The maximum Gasteiger partial charge on any atom is 0.410 e. The first-order chi connectivity index (χ1) is 11.9. The van der Waals surface area contributed by atoms with E-state index in [-0.39, 0.29) is 6.09 Å². The van der Waals surface area contributed by atoms with Gasteiger partial charge in [0.05, 0.1) is 0 Å². The average molecular weight is 344 g/mol. The van der Waals surface area contributed by atoms with E-state index >= 15 is 0 Å². The fourth-order valence-corrected chi connectivity index (χ4v) is 3.28. The Labute approximate surface area is 149 Å². The highest BCUT2D eigenvalue weighted by molar-refractivity contribution is 5.68. The van der Waals surface area contributed by atoms with Crippen LogP contribution in [0, 0.1) is 0 Å². The number of likely N-dealkylation sites (tertiary alicyclic amines) is 1. The van der Waals surface area contributed by atoms with Gasteiger partial charge in [-0.1, -0.05) is 12.2 Å². The lowest BCUT2D eigenvalue weighted by Gasteiger charge is -2.33. The first-order valence-electron chi connectivity index (χ1n) is 9.12. The predicted octanol–water partition coefficient (Wildman–Crippen LogP) is 3.72. The second-order valence-corrected chi connectivity index (χ2v) is 7.85. The zero-order chi connectivity index (χ0) is 17.9. The van der Waals surface area contributed by atoms with Crippen LogP contribution >= 0.6 is 0 Å². The Morgan fingerprint density at radius 3 is 2.52 bits per heavy atom. The van der Waals surface area contributed by atoms with Gasteiger partial charge < -0.3 is 15.0 Å². The topological polar surface area (TPSA) is 67.3 Å². The van der Waals surface area contributed by atoms with Gasteiger partial charge in [-0.25, -0.2) is 14.8 Å². The number of rotatable bonds is 3. The molecule has 1 aromatic heterocycles. The van der Waals surface area contributed by atoms with Gasteiger partial charge in [-0.05, 0) is 46.5 Å². The van der Waals surface area contributed by atoms with Gasteiger partial charge >= 0.3 is 6.09 Å². The van der Waals surface area contributed by atoms with Crippen LogP contribution in [0.1, 0.15) is 58.1 Å². The summed E-state index contributed by atoms with van der Waals surface area (Å²) >= 11 is 0. The second-order valence-electron chi connectivity index (χ2n) is 7.85. The van der Waals surface area contributed by atoms with Crippen molar-refractivity contribution in [2.45, 2.75) is 64.0 Å². The molecule has 1 N–H and O–H groups in total. The smallest absolute Gasteiger partial charge is 0.410 e. The Kier molecular flexibility index (Phi) is 5.25. The van der Waals surface area contributed by atoms with Crippen LogP contribution in [-0.4, -0.2) is 45.7 Å². The average Bonchev–Trinajstić information content (AvgIpc) is 3.09. The van der Waals surface area contributed by atoms with Crippen LogP contribution in [0.4, 0.5) is 10.6 Å². The maximum absolute atomic E-state index is 12.1. The molecular weight excluding hydrogens is 316 g/mol. The number of hydrogen-bond donors (Lipinski definition) is 1. The van der Waals surface area contributed by atoms with Crippen LogP contribution in [0.5, 0.6) is 0 Å². The minimum Gasteiger partial charge on any atom is -0.444 e. The van der Waals surface area contributed by atoms with E-state index in [1.807, 2.05) is 20.8 Å². The highest BCUT2D eigenvalue weighted by atomic mass is 16.6. The molecule has 0 atom stereocenters. The van der Waals surface area contributed by atoms with Crippen molar-refractivity contribution in [2.75, 3.05) is 18.4 Å². The van der Waals surface area contributed by atoms with Crippen molar-refractivity contribution < 1.29 is 9.53 Å². The van der Waals surface area contributed by atoms with E-state index in [9.17, 15) is 4.79 Å². The normalized spacial score (nSPS) is 19.2. The minimum absolute atomic E-state index is 0.219. The van der Waals surface area contributed by atoms with Crippen molar-refractivity contribution in [3.63, 3.8) is 0 Å². The van der Waals surface area contributed by atoms with Crippen LogP contribution in [-0.2, 0) is 4.74 Å². The SMILES string of the molecule is CC(C)(C)OC(=O)N1CCC(Nc2cc(C3CC=CC3)ncn2)CC1. The Bertz CT molecular complexity index is 623. The number of amides is 1. The first-order valence-corrected chi connectivity index (χ1v) is 9.12. The number of nitrogens with zero attached hydrogens (tertiary/aromatic N) is 3. The summed E-state index contributed by atoms with van der Waals surface area (Å²) in [5.41, 5.74) is 0.659. The predicted molar refractivity (Wildman–Crippen MR) is 97.6 cm³/mol. The fraction of sp³-hybridized carbons (Fsp3) is 0.632. The molecule has 1 amide bonds. The van der Waals surface area contributed by atoms with E-state index in [1.54, 1.807) is 11.2 Å². The van der Waals surface area contributed by atoms with E-state index in [0.29, 0.717) is 25.0 Å².